The van der Waals surface area contributed by atoms with E-state index in [1.54, 1.807) is 35.6 Å². The van der Waals surface area contributed by atoms with Crippen LogP contribution in [-0.4, -0.2) is 35.3 Å². The molecule has 3 aromatic rings. The smallest absolute Gasteiger partial charge is 0.166 e. The van der Waals surface area contributed by atoms with Gasteiger partial charge in [-0.2, -0.15) is 0 Å². The Hall–Kier alpha value is -2.44. The average Bonchev–Trinajstić information content (AvgIpc) is 3.22. The molecule has 1 saturated heterocycles. The summed E-state index contributed by atoms with van der Waals surface area (Å²) in [5.41, 5.74) is 4.29. The van der Waals surface area contributed by atoms with E-state index in [0.717, 1.165) is 50.2 Å². The number of ketones is 1. The van der Waals surface area contributed by atoms with Crippen LogP contribution in [0.1, 0.15) is 28.1 Å². The number of benzene rings is 2. The molecule has 0 amide bonds. The quantitative estimate of drug-likeness (QED) is 0.520. The molecule has 0 saturated carbocycles. The van der Waals surface area contributed by atoms with Gasteiger partial charge in [0.1, 0.15) is 11.6 Å². The number of carbonyl (C=O) groups is 1. The predicted molar refractivity (Wildman–Crippen MR) is 111 cm³/mol. The Morgan fingerprint density at radius 2 is 1.62 bits per heavy atom. The van der Waals surface area contributed by atoms with Crippen molar-refractivity contribution in [2.45, 2.75) is 19.3 Å². The molecule has 0 unspecified atom stereocenters. The van der Waals surface area contributed by atoms with Gasteiger partial charge in [0.2, 0.25) is 0 Å². The highest BCUT2D eigenvalue weighted by Gasteiger charge is 2.26. The maximum Gasteiger partial charge on any atom is 0.166 e. The SMILES string of the molecule is O=C(c1ccc(F)cc1)C1CCN(CCc2scnc2-c2ccc(F)cc2)CC1. The average molecular weight is 413 g/mol. The molecule has 0 N–H and O–H groups in total. The molecule has 0 bridgehead atoms. The first-order valence-corrected chi connectivity index (χ1v) is 10.7. The zero-order valence-corrected chi connectivity index (χ0v) is 16.8. The fourth-order valence-electron chi connectivity index (χ4n) is 3.82. The Balaban J connectivity index is 1.31. The van der Waals surface area contributed by atoms with Gasteiger partial charge in [-0.15, -0.1) is 11.3 Å². The number of hydrogen-bond donors (Lipinski definition) is 0. The maximum absolute atomic E-state index is 13.2. The van der Waals surface area contributed by atoms with Crippen LogP contribution in [-0.2, 0) is 6.42 Å². The third-order valence-corrected chi connectivity index (χ3v) is 6.39. The van der Waals surface area contributed by atoms with E-state index in [1.165, 1.54) is 29.1 Å². The summed E-state index contributed by atoms with van der Waals surface area (Å²) in [4.78, 5) is 20.6. The molecule has 6 heteroatoms. The lowest BCUT2D eigenvalue weighted by atomic mass is 9.89. The van der Waals surface area contributed by atoms with Gasteiger partial charge in [0, 0.05) is 28.5 Å². The monoisotopic (exact) mass is 412 g/mol. The van der Waals surface area contributed by atoms with Gasteiger partial charge in [-0.1, -0.05) is 0 Å². The van der Waals surface area contributed by atoms with E-state index in [1.807, 2.05) is 5.51 Å². The van der Waals surface area contributed by atoms with Crippen LogP contribution in [0.2, 0.25) is 0 Å². The Morgan fingerprint density at radius 1 is 1.00 bits per heavy atom. The summed E-state index contributed by atoms with van der Waals surface area (Å²) in [6, 6.07) is 12.3. The van der Waals surface area contributed by atoms with E-state index < -0.39 is 0 Å². The van der Waals surface area contributed by atoms with Crippen LogP contribution < -0.4 is 0 Å². The third kappa shape index (κ3) is 4.77. The Labute approximate surface area is 173 Å². The van der Waals surface area contributed by atoms with E-state index in [4.69, 9.17) is 0 Å². The maximum atomic E-state index is 13.2. The first kappa shape index (κ1) is 19.9. The number of likely N-dealkylation sites (tertiary alicyclic amines) is 1. The van der Waals surface area contributed by atoms with Gasteiger partial charge in [-0.05, 0) is 80.9 Å². The molecule has 0 aliphatic carbocycles. The van der Waals surface area contributed by atoms with Gasteiger partial charge < -0.3 is 4.90 Å². The summed E-state index contributed by atoms with van der Waals surface area (Å²) < 4.78 is 26.2. The summed E-state index contributed by atoms with van der Waals surface area (Å²) >= 11 is 1.62. The van der Waals surface area contributed by atoms with Gasteiger partial charge >= 0.3 is 0 Å². The number of aromatic nitrogens is 1. The zero-order valence-electron chi connectivity index (χ0n) is 16.0. The lowest BCUT2D eigenvalue weighted by Crippen LogP contribution is -2.37. The Bertz CT molecular complexity index is 961. The zero-order chi connectivity index (χ0) is 20.2. The fraction of sp³-hybridized carbons (Fsp3) is 0.304. The van der Waals surface area contributed by atoms with Crippen LogP contribution in [0.4, 0.5) is 8.78 Å². The lowest BCUT2D eigenvalue weighted by molar-refractivity contribution is 0.0841. The van der Waals surface area contributed by atoms with Crippen molar-refractivity contribution in [1.82, 2.24) is 9.88 Å². The molecule has 1 aliphatic heterocycles. The third-order valence-electron chi connectivity index (χ3n) is 5.50. The molecular weight excluding hydrogens is 390 g/mol. The highest BCUT2D eigenvalue weighted by Crippen LogP contribution is 2.27. The molecule has 150 valence electrons. The van der Waals surface area contributed by atoms with Crippen molar-refractivity contribution in [2.75, 3.05) is 19.6 Å². The second-order valence-corrected chi connectivity index (χ2v) is 8.31. The molecule has 2 heterocycles. The Morgan fingerprint density at radius 3 is 2.28 bits per heavy atom. The van der Waals surface area contributed by atoms with E-state index in [2.05, 4.69) is 9.88 Å². The minimum Gasteiger partial charge on any atom is -0.303 e. The van der Waals surface area contributed by atoms with Gasteiger partial charge in [0.25, 0.3) is 0 Å². The minimum atomic E-state index is -0.320. The van der Waals surface area contributed by atoms with E-state index in [0.29, 0.717) is 5.56 Å². The van der Waals surface area contributed by atoms with Crippen LogP contribution in [0, 0.1) is 17.6 Å². The molecule has 3 nitrogen and oxygen atoms in total. The van der Waals surface area contributed by atoms with Crippen molar-refractivity contribution in [2.24, 2.45) is 5.92 Å². The largest absolute Gasteiger partial charge is 0.303 e. The first-order valence-electron chi connectivity index (χ1n) is 9.80. The number of rotatable bonds is 6. The van der Waals surface area contributed by atoms with E-state index >= 15 is 0 Å². The van der Waals surface area contributed by atoms with Crippen LogP contribution in [0.3, 0.4) is 0 Å². The second-order valence-electron chi connectivity index (χ2n) is 7.37. The van der Waals surface area contributed by atoms with E-state index in [-0.39, 0.29) is 23.3 Å². The summed E-state index contributed by atoms with van der Waals surface area (Å²) in [6.07, 6.45) is 2.53. The van der Waals surface area contributed by atoms with Crippen LogP contribution >= 0.6 is 11.3 Å². The Kier molecular flexibility index (Phi) is 6.11. The standard InChI is InChI=1S/C23H22F2N2OS/c24-19-5-1-16(2-6-19)22-21(29-15-26-22)11-14-27-12-9-18(10-13-27)23(28)17-3-7-20(25)8-4-17/h1-8,15,18H,9-14H2. The number of nitrogens with zero attached hydrogens (tertiary/aromatic N) is 2. The second kappa shape index (κ2) is 8.93. The van der Waals surface area contributed by atoms with Crippen LogP contribution in [0.5, 0.6) is 0 Å². The summed E-state index contributed by atoms with van der Waals surface area (Å²) in [5.74, 6) is -0.441. The molecule has 2 aromatic carbocycles. The van der Waals surface area contributed by atoms with Gasteiger partial charge in [0.05, 0.1) is 11.2 Å². The summed E-state index contributed by atoms with van der Waals surface area (Å²) in [6.45, 7) is 2.67. The molecule has 1 aromatic heterocycles. The van der Waals surface area contributed by atoms with Crippen molar-refractivity contribution >= 4 is 17.1 Å². The van der Waals surface area contributed by atoms with Gasteiger partial charge in [-0.3, -0.25) is 4.79 Å². The van der Waals surface area contributed by atoms with Crippen LogP contribution in [0.15, 0.2) is 54.0 Å². The van der Waals surface area contributed by atoms with Crippen molar-refractivity contribution in [3.63, 3.8) is 0 Å². The van der Waals surface area contributed by atoms with Gasteiger partial charge in [0.15, 0.2) is 5.78 Å². The molecule has 1 fully saturated rings. The first-order chi connectivity index (χ1) is 14.1. The molecule has 0 spiro atoms. The highest BCUT2D eigenvalue weighted by atomic mass is 32.1. The van der Waals surface area contributed by atoms with Gasteiger partial charge in [-0.25, -0.2) is 13.8 Å². The normalized spacial score (nSPS) is 15.5. The van der Waals surface area contributed by atoms with Crippen molar-refractivity contribution in [3.05, 3.63) is 76.1 Å². The number of Topliss-reactive ketones (excluding diaryl/α,β-unsaturated/α-hetero) is 1. The summed E-state index contributed by atoms with van der Waals surface area (Å²) in [5, 5.41) is 0. The lowest BCUT2D eigenvalue weighted by Gasteiger charge is -2.31. The van der Waals surface area contributed by atoms with Crippen molar-refractivity contribution in [3.8, 4) is 11.3 Å². The number of halogens is 2. The number of hydrogen-bond acceptors (Lipinski definition) is 4. The van der Waals surface area contributed by atoms with Crippen LogP contribution in [0.25, 0.3) is 11.3 Å². The summed E-state index contributed by atoms with van der Waals surface area (Å²) in [7, 11) is 0. The van der Waals surface area contributed by atoms with E-state index in [9.17, 15) is 13.6 Å². The minimum absolute atomic E-state index is 0.00916. The molecule has 1 aliphatic rings. The molecular formula is C23H22F2N2OS. The van der Waals surface area contributed by atoms with Crippen molar-refractivity contribution in [1.29, 1.82) is 0 Å². The molecule has 0 radical (unpaired) electrons. The topological polar surface area (TPSA) is 33.2 Å². The fourth-order valence-corrected chi connectivity index (χ4v) is 4.60. The molecule has 0 atom stereocenters. The highest BCUT2D eigenvalue weighted by molar-refractivity contribution is 7.10. The predicted octanol–water partition coefficient (Wildman–Crippen LogP) is 5.23. The number of piperidine rings is 1. The molecule has 4 rings (SSSR count). The number of carbonyl (C=O) groups excluding carboxylic acids is 1. The number of thiazole rings is 1. The van der Waals surface area contributed by atoms with Crippen molar-refractivity contribution < 1.29 is 13.6 Å². The molecule has 29 heavy (non-hydrogen) atoms.